The summed E-state index contributed by atoms with van der Waals surface area (Å²) in [7, 11) is 1.82. The van der Waals surface area contributed by atoms with Gasteiger partial charge in [0.2, 0.25) is 0 Å². The number of benzene rings is 2. The fourth-order valence-electron chi connectivity index (χ4n) is 3.38. The van der Waals surface area contributed by atoms with E-state index in [1.807, 2.05) is 13.1 Å². The summed E-state index contributed by atoms with van der Waals surface area (Å²) in [5.74, 6) is 0.839. The van der Waals surface area contributed by atoms with Crippen LogP contribution >= 0.6 is 0 Å². The van der Waals surface area contributed by atoms with Crippen molar-refractivity contribution in [2.45, 2.75) is 24.8 Å². The normalized spacial score (nSPS) is 17.1. The standard InChI is InChI=1S/C21H27N3O/c1-22-20(23-16-18-8-4-2-5-9-18)24-17-21(12-14-25-15-13-21)19-10-6-3-7-11-19/h2-11H,12-17H2,1H3,(H2,22,23,24). The van der Waals surface area contributed by atoms with E-state index in [1.165, 1.54) is 11.1 Å². The van der Waals surface area contributed by atoms with Gasteiger partial charge in [0.1, 0.15) is 0 Å². The summed E-state index contributed by atoms with van der Waals surface area (Å²) in [5, 5.41) is 6.93. The van der Waals surface area contributed by atoms with Crippen molar-refractivity contribution in [1.29, 1.82) is 0 Å². The second-order valence-corrected chi connectivity index (χ2v) is 6.52. The number of aliphatic imine (C=N–C) groups is 1. The van der Waals surface area contributed by atoms with Gasteiger partial charge in [0, 0.05) is 38.8 Å². The number of nitrogens with zero attached hydrogens (tertiary/aromatic N) is 1. The first-order valence-corrected chi connectivity index (χ1v) is 8.94. The van der Waals surface area contributed by atoms with Crippen molar-refractivity contribution in [2.75, 3.05) is 26.8 Å². The molecule has 25 heavy (non-hydrogen) atoms. The number of guanidine groups is 1. The van der Waals surface area contributed by atoms with E-state index < -0.39 is 0 Å². The molecule has 2 aromatic carbocycles. The first-order valence-electron chi connectivity index (χ1n) is 8.94. The summed E-state index contributed by atoms with van der Waals surface area (Å²) in [4.78, 5) is 4.38. The van der Waals surface area contributed by atoms with Gasteiger partial charge in [-0.25, -0.2) is 0 Å². The predicted molar refractivity (Wildman–Crippen MR) is 103 cm³/mol. The van der Waals surface area contributed by atoms with Gasteiger partial charge in [-0.1, -0.05) is 60.7 Å². The summed E-state index contributed by atoms with van der Waals surface area (Å²) < 4.78 is 5.61. The van der Waals surface area contributed by atoms with Crippen LogP contribution in [-0.4, -0.2) is 32.8 Å². The quantitative estimate of drug-likeness (QED) is 0.651. The van der Waals surface area contributed by atoms with Crippen LogP contribution in [0.5, 0.6) is 0 Å². The molecule has 0 aromatic heterocycles. The van der Waals surface area contributed by atoms with Crippen LogP contribution in [0, 0.1) is 0 Å². The maximum atomic E-state index is 5.61. The second kappa shape index (κ2) is 8.67. The highest BCUT2D eigenvalue weighted by atomic mass is 16.5. The molecule has 1 saturated heterocycles. The Bertz CT molecular complexity index is 664. The Morgan fingerprint density at radius 3 is 2.24 bits per heavy atom. The van der Waals surface area contributed by atoms with E-state index in [9.17, 15) is 0 Å². The minimum Gasteiger partial charge on any atom is -0.381 e. The zero-order valence-corrected chi connectivity index (χ0v) is 14.9. The molecule has 1 aliphatic heterocycles. The van der Waals surface area contributed by atoms with E-state index in [0.717, 1.165) is 45.1 Å². The Hall–Kier alpha value is -2.33. The smallest absolute Gasteiger partial charge is 0.191 e. The molecule has 0 amide bonds. The molecule has 0 bridgehead atoms. The minimum absolute atomic E-state index is 0.101. The van der Waals surface area contributed by atoms with E-state index in [0.29, 0.717) is 0 Å². The van der Waals surface area contributed by atoms with Gasteiger partial charge in [-0.2, -0.15) is 0 Å². The lowest BCUT2D eigenvalue weighted by Gasteiger charge is -2.38. The molecule has 2 N–H and O–H groups in total. The highest BCUT2D eigenvalue weighted by Gasteiger charge is 2.34. The van der Waals surface area contributed by atoms with Crippen LogP contribution in [0.1, 0.15) is 24.0 Å². The lowest BCUT2D eigenvalue weighted by Crippen LogP contribution is -2.47. The molecule has 4 heteroatoms. The van der Waals surface area contributed by atoms with Crippen molar-refractivity contribution < 1.29 is 4.74 Å². The van der Waals surface area contributed by atoms with Gasteiger partial charge in [-0.3, -0.25) is 4.99 Å². The van der Waals surface area contributed by atoms with E-state index in [-0.39, 0.29) is 5.41 Å². The van der Waals surface area contributed by atoms with Gasteiger partial charge in [0.05, 0.1) is 0 Å². The summed E-state index contributed by atoms with van der Waals surface area (Å²) in [6.45, 7) is 3.25. The first-order chi connectivity index (χ1) is 12.3. The fourth-order valence-corrected chi connectivity index (χ4v) is 3.38. The highest BCUT2D eigenvalue weighted by molar-refractivity contribution is 5.79. The van der Waals surface area contributed by atoms with E-state index in [4.69, 9.17) is 4.74 Å². The SMILES string of the molecule is CN=C(NCc1ccccc1)NCC1(c2ccccc2)CCOCC1. The number of hydrogen-bond donors (Lipinski definition) is 2. The topological polar surface area (TPSA) is 45.7 Å². The lowest BCUT2D eigenvalue weighted by molar-refractivity contribution is 0.0514. The Morgan fingerprint density at radius 2 is 1.60 bits per heavy atom. The van der Waals surface area contributed by atoms with Gasteiger partial charge in [-0.05, 0) is 24.0 Å². The maximum absolute atomic E-state index is 5.61. The molecular formula is C21H27N3O. The highest BCUT2D eigenvalue weighted by Crippen LogP contribution is 2.34. The number of hydrogen-bond acceptors (Lipinski definition) is 2. The molecule has 1 aliphatic rings. The van der Waals surface area contributed by atoms with Crippen LogP contribution in [0.15, 0.2) is 65.7 Å². The molecule has 0 unspecified atom stereocenters. The Labute approximate surface area is 150 Å². The zero-order chi connectivity index (χ0) is 17.4. The third kappa shape index (κ3) is 4.60. The van der Waals surface area contributed by atoms with E-state index in [1.54, 1.807) is 0 Å². The molecule has 1 heterocycles. The number of rotatable bonds is 5. The van der Waals surface area contributed by atoms with Crippen molar-refractivity contribution in [3.63, 3.8) is 0 Å². The first kappa shape index (κ1) is 17.5. The molecule has 4 nitrogen and oxygen atoms in total. The van der Waals surface area contributed by atoms with Gasteiger partial charge in [0.25, 0.3) is 0 Å². The van der Waals surface area contributed by atoms with Crippen LogP contribution in [0.4, 0.5) is 0 Å². The van der Waals surface area contributed by atoms with E-state index >= 15 is 0 Å². The van der Waals surface area contributed by atoms with Crippen molar-refractivity contribution in [1.82, 2.24) is 10.6 Å². The Morgan fingerprint density at radius 1 is 0.960 bits per heavy atom. The van der Waals surface area contributed by atoms with Crippen LogP contribution in [-0.2, 0) is 16.7 Å². The maximum Gasteiger partial charge on any atom is 0.191 e. The van der Waals surface area contributed by atoms with Crippen LogP contribution in [0.2, 0.25) is 0 Å². The summed E-state index contributed by atoms with van der Waals surface area (Å²) in [6.07, 6.45) is 2.05. The van der Waals surface area contributed by atoms with Crippen LogP contribution < -0.4 is 10.6 Å². The monoisotopic (exact) mass is 337 g/mol. The van der Waals surface area contributed by atoms with Crippen LogP contribution in [0.25, 0.3) is 0 Å². The third-order valence-electron chi connectivity index (χ3n) is 4.96. The van der Waals surface area contributed by atoms with Crippen molar-refractivity contribution in [3.05, 3.63) is 71.8 Å². The molecule has 3 rings (SSSR count). The average molecular weight is 337 g/mol. The van der Waals surface area contributed by atoms with Gasteiger partial charge < -0.3 is 15.4 Å². The molecular weight excluding hydrogens is 310 g/mol. The fraction of sp³-hybridized carbons (Fsp3) is 0.381. The largest absolute Gasteiger partial charge is 0.381 e. The zero-order valence-electron chi connectivity index (χ0n) is 14.9. The Balaban J connectivity index is 1.63. The number of nitrogens with one attached hydrogen (secondary N) is 2. The molecule has 0 saturated carbocycles. The Kier molecular flexibility index (Phi) is 6.07. The molecule has 0 spiro atoms. The minimum atomic E-state index is 0.101. The molecule has 1 fully saturated rings. The van der Waals surface area contributed by atoms with Gasteiger partial charge in [-0.15, -0.1) is 0 Å². The molecule has 132 valence electrons. The summed E-state index contributed by atoms with van der Waals surface area (Å²) in [6, 6.07) is 21.1. The predicted octanol–water partition coefficient (Wildman–Crippen LogP) is 3.10. The molecule has 2 aromatic rings. The van der Waals surface area contributed by atoms with Gasteiger partial charge in [0.15, 0.2) is 5.96 Å². The average Bonchev–Trinajstić information content (AvgIpc) is 2.70. The number of ether oxygens (including phenoxy) is 1. The van der Waals surface area contributed by atoms with Crippen molar-refractivity contribution in [2.24, 2.45) is 4.99 Å². The van der Waals surface area contributed by atoms with Crippen molar-refractivity contribution in [3.8, 4) is 0 Å². The third-order valence-corrected chi connectivity index (χ3v) is 4.96. The van der Waals surface area contributed by atoms with Crippen molar-refractivity contribution >= 4 is 5.96 Å². The van der Waals surface area contributed by atoms with Gasteiger partial charge >= 0.3 is 0 Å². The summed E-state index contributed by atoms with van der Waals surface area (Å²) in [5.41, 5.74) is 2.72. The summed E-state index contributed by atoms with van der Waals surface area (Å²) >= 11 is 0. The van der Waals surface area contributed by atoms with Crippen LogP contribution in [0.3, 0.4) is 0 Å². The lowest BCUT2D eigenvalue weighted by atomic mass is 9.74. The molecule has 0 radical (unpaired) electrons. The molecule has 0 aliphatic carbocycles. The molecule has 0 atom stereocenters. The second-order valence-electron chi connectivity index (χ2n) is 6.52. The van der Waals surface area contributed by atoms with E-state index in [2.05, 4.69) is 70.2 Å².